The number of pyridine rings is 1. The lowest BCUT2D eigenvalue weighted by Crippen LogP contribution is -2.34. The molecule has 3 heteroatoms. The zero-order valence-corrected chi connectivity index (χ0v) is 12.9. The average Bonchev–Trinajstić information content (AvgIpc) is 2.52. The number of rotatable bonds is 8. The van der Waals surface area contributed by atoms with Crippen molar-refractivity contribution >= 4 is 0 Å². The predicted molar refractivity (Wildman–Crippen MR) is 84.7 cm³/mol. The zero-order valence-electron chi connectivity index (χ0n) is 12.9. The van der Waals surface area contributed by atoms with Crippen LogP contribution in [0.25, 0.3) is 0 Å². The summed E-state index contributed by atoms with van der Waals surface area (Å²) in [6, 6.07) is 5.02. The molecule has 20 heavy (non-hydrogen) atoms. The fraction of sp³-hybridized carbons (Fsp3) is 0.706. The smallest absolute Gasteiger partial charge is 0.0271 e. The third-order valence-corrected chi connectivity index (χ3v) is 4.29. The average molecular weight is 275 g/mol. The zero-order chi connectivity index (χ0) is 14.0. The third kappa shape index (κ3) is 5.59. The van der Waals surface area contributed by atoms with E-state index in [0.29, 0.717) is 0 Å². The molecule has 0 aliphatic heterocycles. The van der Waals surface area contributed by atoms with Gasteiger partial charge in [0, 0.05) is 25.0 Å². The summed E-state index contributed by atoms with van der Waals surface area (Å²) in [6.45, 7) is 6.75. The minimum atomic E-state index is 0.791. The van der Waals surface area contributed by atoms with Crippen LogP contribution in [-0.2, 0) is 6.54 Å². The Hall–Kier alpha value is -0.930. The summed E-state index contributed by atoms with van der Waals surface area (Å²) in [5.74, 6) is 0. The van der Waals surface area contributed by atoms with Crippen molar-refractivity contribution in [2.75, 3.05) is 19.6 Å². The van der Waals surface area contributed by atoms with Gasteiger partial charge in [-0.15, -0.1) is 0 Å². The van der Waals surface area contributed by atoms with Crippen LogP contribution in [0.1, 0.15) is 51.0 Å². The van der Waals surface area contributed by atoms with Crippen LogP contribution in [-0.4, -0.2) is 35.6 Å². The van der Waals surface area contributed by atoms with Crippen LogP contribution in [0.4, 0.5) is 0 Å². The fourth-order valence-corrected chi connectivity index (χ4v) is 3.01. The first-order chi connectivity index (χ1) is 9.88. The van der Waals surface area contributed by atoms with E-state index in [0.717, 1.165) is 25.7 Å². The van der Waals surface area contributed by atoms with Crippen LogP contribution < -0.4 is 5.32 Å². The molecular weight excluding hydrogens is 246 g/mol. The lowest BCUT2D eigenvalue weighted by molar-refractivity contribution is 0.269. The molecule has 1 aliphatic carbocycles. The van der Waals surface area contributed by atoms with Crippen LogP contribution in [0.15, 0.2) is 24.5 Å². The number of nitrogens with zero attached hydrogens (tertiary/aromatic N) is 2. The minimum absolute atomic E-state index is 0.791. The van der Waals surface area contributed by atoms with Gasteiger partial charge >= 0.3 is 0 Å². The molecule has 1 aliphatic rings. The Labute approximate surface area is 123 Å². The van der Waals surface area contributed by atoms with Gasteiger partial charge in [-0.3, -0.25) is 9.88 Å². The van der Waals surface area contributed by atoms with E-state index in [-0.39, 0.29) is 0 Å². The van der Waals surface area contributed by atoms with Gasteiger partial charge in [0.25, 0.3) is 0 Å². The molecule has 3 nitrogen and oxygen atoms in total. The molecule has 0 aromatic carbocycles. The Morgan fingerprint density at radius 2 is 1.95 bits per heavy atom. The highest BCUT2D eigenvalue weighted by Gasteiger charge is 2.12. The van der Waals surface area contributed by atoms with Crippen molar-refractivity contribution in [1.29, 1.82) is 0 Å². The van der Waals surface area contributed by atoms with Crippen LogP contribution in [0.2, 0.25) is 0 Å². The normalized spacial score (nSPS) is 16.7. The monoisotopic (exact) mass is 275 g/mol. The van der Waals surface area contributed by atoms with Gasteiger partial charge in [-0.05, 0) is 56.6 Å². The summed E-state index contributed by atoms with van der Waals surface area (Å²) in [4.78, 5) is 6.59. The van der Waals surface area contributed by atoms with Gasteiger partial charge in [0.05, 0.1) is 0 Å². The molecule has 0 spiro atoms. The SMILES string of the molecule is CCN(CCCNC1CCCCC1)Cc1ccncc1. The van der Waals surface area contributed by atoms with Gasteiger partial charge < -0.3 is 5.32 Å². The van der Waals surface area contributed by atoms with Crippen LogP contribution >= 0.6 is 0 Å². The van der Waals surface area contributed by atoms with E-state index in [4.69, 9.17) is 0 Å². The Morgan fingerprint density at radius 1 is 1.20 bits per heavy atom. The van der Waals surface area contributed by atoms with Crippen molar-refractivity contribution in [3.05, 3.63) is 30.1 Å². The van der Waals surface area contributed by atoms with Gasteiger partial charge in [0.15, 0.2) is 0 Å². The maximum absolute atomic E-state index is 4.08. The highest BCUT2D eigenvalue weighted by atomic mass is 15.1. The van der Waals surface area contributed by atoms with E-state index in [9.17, 15) is 0 Å². The summed E-state index contributed by atoms with van der Waals surface area (Å²) in [6.07, 6.45) is 12.1. The molecule has 0 radical (unpaired) electrons. The quantitative estimate of drug-likeness (QED) is 0.738. The molecule has 0 unspecified atom stereocenters. The second-order valence-electron chi connectivity index (χ2n) is 5.87. The molecule has 0 amide bonds. The fourth-order valence-electron chi connectivity index (χ4n) is 3.01. The molecular formula is C17H29N3. The van der Waals surface area contributed by atoms with E-state index in [1.807, 2.05) is 12.4 Å². The van der Waals surface area contributed by atoms with Gasteiger partial charge in [-0.1, -0.05) is 26.2 Å². The van der Waals surface area contributed by atoms with Crippen molar-refractivity contribution in [2.45, 2.75) is 58.0 Å². The van der Waals surface area contributed by atoms with E-state index in [1.165, 1.54) is 50.6 Å². The predicted octanol–water partition coefficient (Wildman–Crippen LogP) is 3.22. The lowest BCUT2D eigenvalue weighted by atomic mass is 9.95. The van der Waals surface area contributed by atoms with Gasteiger partial charge in [-0.2, -0.15) is 0 Å². The summed E-state index contributed by atoms with van der Waals surface area (Å²) < 4.78 is 0. The Kier molecular flexibility index (Phi) is 7.02. The van der Waals surface area contributed by atoms with Gasteiger partial charge in [-0.25, -0.2) is 0 Å². The molecule has 0 atom stereocenters. The van der Waals surface area contributed by atoms with Gasteiger partial charge in [0.1, 0.15) is 0 Å². The first-order valence-electron chi connectivity index (χ1n) is 8.23. The topological polar surface area (TPSA) is 28.2 Å². The molecule has 1 saturated carbocycles. The summed E-state index contributed by atoms with van der Waals surface area (Å²) in [5.41, 5.74) is 1.36. The molecule has 1 heterocycles. The standard InChI is InChI=1S/C17H29N3/c1-2-20(15-16-9-12-18-13-10-16)14-6-11-19-17-7-4-3-5-8-17/h9-10,12-13,17,19H,2-8,11,14-15H2,1H3. The van der Waals surface area contributed by atoms with Crippen LogP contribution in [0.3, 0.4) is 0 Å². The van der Waals surface area contributed by atoms with Crippen molar-refractivity contribution in [3.8, 4) is 0 Å². The molecule has 0 saturated heterocycles. The maximum Gasteiger partial charge on any atom is 0.0271 e. The summed E-state index contributed by atoms with van der Waals surface area (Å²) in [5, 5.41) is 3.73. The molecule has 112 valence electrons. The van der Waals surface area contributed by atoms with E-state index in [1.54, 1.807) is 0 Å². The first kappa shape index (κ1) is 15.5. The Morgan fingerprint density at radius 3 is 2.65 bits per heavy atom. The highest BCUT2D eigenvalue weighted by Crippen LogP contribution is 2.17. The van der Waals surface area contributed by atoms with Crippen molar-refractivity contribution < 1.29 is 0 Å². The van der Waals surface area contributed by atoms with Gasteiger partial charge in [0.2, 0.25) is 0 Å². The second kappa shape index (κ2) is 9.09. The summed E-state index contributed by atoms with van der Waals surface area (Å²) in [7, 11) is 0. The summed E-state index contributed by atoms with van der Waals surface area (Å²) >= 11 is 0. The van der Waals surface area contributed by atoms with E-state index < -0.39 is 0 Å². The van der Waals surface area contributed by atoms with Crippen molar-refractivity contribution in [2.24, 2.45) is 0 Å². The first-order valence-corrected chi connectivity index (χ1v) is 8.23. The molecule has 1 N–H and O–H groups in total. The largest absolute Gasteiger partial charge is 0.314 e. The van der Waals surface area contributed by atoms with E-state index in [2.05, 4.69) is 34.3 Å². The molecule has 1 aromatic rings. The van der Waals surface area contributed by atoms with Crippen LogP contribution in [0, 0.1) is 0 Å². The second-order valence-corrected chi connectivity index (χ2v) is 5.87. The third-order valence-electron chi connectivity index (χ3n) is 4.29. The number of nitrogens with one attached hydrogen (secondary N) is 1. The minimum Gasteiger partial charge on any atom is -0.314 e. The number of hydrogen-bond donors (Lipinski definition) is 1. The highest BCUT2D eigenvalue weighted by molar-refractivity contribution is 5.09. The van der Waals surface area contributed by atoms with Crippen molar-refractivity contribution in [3.63, 3.8) is 0 Å². The number of hydrogen-bond acceptors (Lipinski definition) is 3. The number of aromatic nitrogens is 1. The van der Waals surface area contributed by atoms with Crippen LogP contribution in [0.5, 0.6) is 0 Å². The Bertz CT molecular complexity index is 347. The molecule has 2 rings (SSSR count). The molecule has 1 aromatic heterocycles. The van der Waals surface area contributed by atoms with E-state index >= 15 is 0 Å². The molecule has 1 fully saturated rings. The molecule has 0 bridgehead atoms. The lowest BCUT2D eigenvalue weighted by Gasteiger charge is -2.24. The van der Waals surface area contributed by atoms with Crippen molar-refractivity contribution in [1.82, 2.24) is 15.2 Å². The maximum atomic E-state index is 4.08. The Balaban J connectivity index is 1.61.